The summed E-state index contributed by atoms with van der Waals surface area (Å²) in [5.41, 5.74) is 0.639. The molecule has 1 aromatic carbocycles. The van der Waals surface area contributed by atoms with Gasteiger partial charge >= 0.3 is 6.18 Å². The Labute approximate surface area is 224 Å². The van der Waals surface area contributed by atoms with Crippen molar-refractivity contribution in [3.05, 3.63) is 88.9 Å². The van der Waals surface area contributed by atoms with Crippen LogP contribution in [-0.4, -0.2) is 52.9 Å². The fourth-order valence-corrected chi connectivity index (χ4v) is 6.14. The van der Waals surface area contributed by atoms with Crippen molar-refractivity contribution < 1.29 is 22.4 Å². The summed E-state index contributed by atoms with van der Waals surface area (Å²) in [6.07, 6.45) is 2.29. The van der Waals surface area contributed by atoms with E-state index in [2.05, 4.69) is 20.3 Å². The molecule has 3 aromatic heterocycles. The fraction of sp³-hybridized carbons (Fsp3) is 0.269. The number of piperidine rings is 1. The summed E-state index contributed by atoms with van der Waals surface area (Å²) < 4.78 is 57.6. The van der Waals surface area contributed by atoms with Gasteiger partial charge in [0.05, 0.1) is 34.8 Å². The van der Waals surface area contributed by atoms with Crippen LogP contribution in [0.5, 0.6) is 0 Å². The van der Waals surface area contributed by atoms with Crippen molar-refractivity contribution >= 4 is 23.8 Å². The molecule has 39 heavy (non-hydrogen) atoms. The Hall–Kier alpha value is -3.84. The lowest BCUT2D eigenvalue weighted by atomic mass is 9.65. The summed E-state index contributed by atoms with van der Waals surface area (Å²) in [7, 11) is 1.70. The number of carbonyl (C=O) groups excluding carboxylic acids is 1. The molecule has 0 amide bonds. The van der Waals surface area contributed by atoms with E-state index in [1.807, 2.05) is 10.4 Å². The summed E-state index contributed by atoms with van der Waals surface area (Å²) in [4.78, 5) is 19.6. The summed E-state index contributed by atoms with van der Waals surface area (Å²) in [6.45, 7) is 0.816. The van der Waals surface area contributed by atoms with Crippen molar-refractivity contribution in [2.75, 3.05) is 13.1 Å². The smallest absolute Gasteiger partial charge is 0.291 e. The van der Waals surface area contributed by atoms with Gasteiger partial charge in [0.2, 0.25) is 0 Å². The molecule has 1 fully saturated rings. The van der Waals surface area contributed by atoms with E-state index in [1.165, 1.54) is 28.9 Å². The van der Waals surface area contributed by atoms with E-state index in [4.69, 9.17) is 0 Å². The number of aromatic nitrogens is 6. The summed E-state index contributed by atoms with van der Waals surface area (Å²) in [5.74, 6) is -0.853. The zero-order chi connectivity index (χ0) is 27.4. The Balaban J connectivity index is 1.42. The van der Waals surface area contributed by atoms with Gasteiger partial charge in [0.1, 0.15) is 11.5 Å². The number of rotatable bonds is 5. The fourth-order valence-electron chi connectivity index (χ4n) is 5.16. The first-order valence-corrected chi connectivity index (χ1v) is 12.8. The molecule has 4 heterocycles. The topological polar surface area (TPSA) is 81.7 Å². The van der Waals surface area contributed by atoms with Gasteiger partial charge < -0.3 is 0 Å². The minimum absolute atomic E-state index is 0.226. The zero-order valence-corrected chi connectivity index (χ0v) is 21.4. The van der Waals surface area contributed by atoms with Crippen LogP contribution >= 0.6 is 11.9 Å². The van der Waals surface area contributed by atoms with Gasteiger partial charge in [-0.05, 0) is 72.8 Å². The molecule has 4 aromatic rings. The normalized spacial score (nSPS) is 19.4. The maximum Gasteiger partial charge on any atom is 0.416 e. The van der Waals surface area contributed by atoms with Crippen molar-refractivity contribution in [1.82, 2.24) is 34.1 Å². The average Bonchev–Trinajstić information content (AvgIpc) is 3.52. The van der Waals surface area contributed by atoms with Crippen LogP contribution in [-0.2, 0) is 19.6 Å². The van der Waals surface area contributed by atoms with Crippen LogP contribution < -0.4 is 0 Å². The zero-order valence-electron chi connectivity index (χ0n) is 20.6. The number of aryl methyl sites for hydroxylation is 1. The van der Waals surface area contributed by atoms with E-state index in [0.717, 1.165) is 35.2 Å². The third-order valence-electron chi connectivity index (χ3n) is 7.01. The van der Waals surface area contributed by atoms with Gasteiger partial charge in [0.25, 0.3) is 0 Å². The summed E-state index contributed by atoms with van der Waals surface area (Å²) >= 11 is 1.35. The van der Waals surface area contributed by atoms with Crippen molar-refractivity contribution in [3.8, 4) is 5.69 Å². The van der Waals surface area contributed by atoms with Gasteiger partial charge in [0, 0.05) is 26.3 Å². The molecule has 0 unspecified atom stereocenters. The lowest BCUT2D eigenvalue weighted by Crippen LogP contribution is -2.49. The third kappa shape index (κ3) is 4.65. The Morgan fingerprint density at radius 3 is 2.62 bits per heavy atom. The lowest BCUT2D eigenvalue weighted by molar-refractivity contribution is -0.137. The molecular formula is C26H21F4N7OS. The lowest BCUT2D eigenvalue weighted by Gasteiger charge is -2.44. The quantitative estimate of drug-likeness (QED) is 0.199. The first-order valence-electron chi connectivity index (χ1n) is 12.0. The highest BCUT2D eigenvalue weighted by atomic mass is 32.2. The minimum atomic E-state index is -4.61. The third-order valence-corrected chi connectivity index (χ3v) is 7.95. The first kappa shape index (κ1) is 25.4. The van der Waals surface area contributed by atoms with Gasteiger partial charge in [-0.15, -0.1) is 5.10 Å². The number of halogens is 4. The molecule has 0 radical (unpaired) electrons. The number of Topliss-reactive ketones (excluding diaryl/α,β-unsaturated/α-hetero) is 1. The van der Waals surface area contributed by atoms with Gasteiger partial charge in [-0.1, -0.05) is 5.57 Å². The van der Waals surface area contributed by atoms with Gasteiger partial charge in [0.15, 0.2) is 10.8 Å². The molecule has 1 saturated heterocycles. The number of hydrogen-bond acceptors (Lipinski definition) is 7. The Bertz CT molecular complexity index is 1590. The van der Waals surface area contributed by atoms with Gasteiger partial charge in [-0.25, -0.2) is 13.4 Å². The summed E-state index contributed by atoms with van der Waals surface area (Å²) in [6, 6.07) is 7.58. The molecule has 1 aliphatic heterocycles. The van der Waals surface area contributed by atoms with Gasteiger partial charge in [-0.2, -0.15) is 28.2 Å². The Kier molecular flexibility index (Phi) is 6.14. The number of nitrogens with zero attached hydrogens (tertiary/aromatic N) is 7. The number of ketones is 1. The van der Waals surface area contributed by atoms with Crippen molar-refractivity contribution in [2.24, 2.45) is 12.5 Å². The Morgan fingerprint density at radius 2 is 1.90 bits per heavy atom. The minimum Gasteiger partial charge on any atom is -0.291 e. The second-order valence-corrected chi connectivity index (χ2v) is 10.6. The molecule has 0 spiro atoms. The van der Waals surface area contributed by atoms with Crippen LogP contribution in [0.4, 0.5) is 17.6 Å². The molecule has 8 nitrogen and oxygen atoms in total. The first-order chi connectivity index (χ1) is 18.6. The van der Waals surface area contributed by atoms with Crippen molar-refractivity contribution in [2.45, 2.75) is 24.0 Å². The van der Waals surface area contributed by atoms with Crippen molar-refractivity contribution in [1.29, 1.82) is 0 Å². The maximum atomic E-state index is 14.2. The monoisotopic (exact) mass is 555 g/mol. The van der Waals surface area contributed by atoms with E-state index in [9.17, 15) is 22.4 Å². The van der Waals surface area contributed by atoms with Gasteiger partial charge in [-0.3, -0.25) is 9.78 Å². The largest absolute Gasteiger partial charge is 0.416 e. The van der Waals surface area contributed by atoms with Crippen LogP contribution in [0.1, 0.15) is 33.7 Å². The molecule has 2 aliphatic rings. The molecule has 1 atom stereocenters. The predicted molar refractivity (Wildman–Crippen MR) is 134 cm³/mol. The molecule has 200 valence electrons. The second-order valence-electron chi connectivity index (χ2n) is 9.51. The van der Waals surface area contributed by atoms with E-state index in [1.54, 1.807) is 36.3 Å². The van der Waals surface area contributed by atoms with Crippen LogP contribution in [0.2, 0.25) is 0 Å². The molecule has 0 N–H and O–H groups in total. The second kappa shape index (κ2) is 9.42. The maximum absolute atomic E-state index is 14.2. The number of fused-ring (bicyclic) bond motifs is 2. The highest BCUT2D eigenvalue weighted by Gasteiger charge is 2.50. The van der Waals surface area contributed by atoms with E-state index < -0.39 is 22.9 Å². The molecular weight excluding hydrogens is 534 g/mol. The number of benzene rings is 1. The molecule has 0 saturated carbocycles. The number of alkyl halides is 3. The molecule has 6 rings (SSSR count). The van der Waals surface area contributed by atoms with Crippen LogP contribution in [0.25, 0.3) is 11.8 Å². The molecule has 1 aliphatic carbocycles. The van der Waals surface area contributed by atoms with Crippen LogP contribution in [0.3, 0.4) is 0 Å². The number of carbonyl (C=O) groups is 1. The average molecular weight is 556 g/mol. The Morgan fingerprint density at radius 1 is 1.10 bits per heavy atom. The van der Waals surface area contributed by atoms with Crippen LogP contribution in [0.15, 0.2) is 65.6 Å². The summed E-state index contributed by atoms with van der Waals surface area (Å²) in [5, 5.41) is 13.5. The SMILES string of the molecule is Cn1ncc(SN2CCC3=Cc4c(cnn4-c4ccc(F)cc4)C[C@]3(C(=O)c3cc(C(F)(F)F)ccn3)C2)n1. The van der Waals surface area contributed by atoms with E-state index in [0.29, 0.717) is 23.7 Å². The predicted octanol–water partition coefficient (Wildman–Crippen LogP) is 4.78. The standard InChI is InChI=1S/C26H21F4N7OS/c1-35-32-14-23(34-35)39-36-9-7-17-11-22-16(13-33-37(22)20-4-2-19(27)3-5-20)12-25(17,15-36)24(38)21-10-18(6-8-31-21)26(28,29)30/h2-6,8,10-11,13-14H,7,9,12,15H2,1H3/t25-/m0/s1. The van der Waals surface area contributed by atoms with E-state index in [-0.39, 0.29) is 24.5 Å². The van der Waals surface area contributed by atoms with Crippen LogP contribution in [0, 0.1) is 11.2 Å². The highest BCUT2D eigenvalue weighted by molar-refractivity contribution is 7.97. The highest BCUT2D eigenvalue weighted by Crippen LogP contribution is 2.48. The number of pyridine rings is 1. The number of hydrogen-bond donors (Lipinski definition) is 0. The van der Waals surface area contributed by atoms with Crippen molar-refractivity contribution in [3.63, 3.8) is 0 Å². The van der Waals surface area contributed by atoms with E-state index >= 15 is 0 Å². The molecule has 13 heteroatoms. The molecule has 0 bridgehead atoms.